The van der Waals surface area contributed by atoms with E-state index in [4.69, 9.17) is 20.8 Å². The van der Waals surface area contributed by atoms with Gasteiger partial charge in [0.15, 0.2) is 4.80 Å². The molecule has 0 aliphatic carbocycles. The summed E-state index contributed by atoms with van der Waals surface area (Å²) in [5.41, 5.74) is 3.47. The van der Waals surface area contributed by atoms with Gasteiger partial charge in [-0.2, -0.15) is 0 Å². The number of ether oxygens (including phenoxy) is 1. The van der Waals surface area contributed by atoms with E-state index in [-0.39, 0.29) is 5.56 Å². The topological polar surface area (TPSA) is 73.8 Å². The highest BCUT2D eigenvalue weighted by Crippen LogP contribution is 2.32. The predicted octanol–water partition coefficient (Wildman–Crippen LogP) is 5.02. The van der Waals surface area contributed by atoms with Crippen LogP contribution in [0.1, 0.15) is 36.3 Å². The maximum atomic E-state index is 13.7. The number of rotatable bonds is 5. The molecule has 1 aliphatic rings. The zero-order chi connectivity index (χ0) is 25.4. The number of allylic oxidation sites excluding steroid dienone is 1. The number of halogens is 1. The lowest BCUT2D eigenvalue weighted by atomic mass is 9.95. The largest absolute Gasteiger partial charge is 0.466 e. The van der Waals surface area contributed by atoms with Crippen LogP contribution in [0.4, 0.5) is 0 Å². The van der Waals surface area contributed by atoms with E-state index in [9.17, 15) is 9.59 Å². The number of benzene rings is 2. The third kappa shape index (κ3) is 4.25. The summed E-state index contributed by atoms with van der Waals surface area (Å²) in [6.07, 6.45) is 2.24. The maximum absolute atomic E-state index is 13.7. The van der Waals surface area contributed by atoms with E-state index in [0.29, 0.717) is 43.6 Å². The molecule has 0 radical (unpaired) electrons. The molecular formula is C28H23ClN2O4S. The second-order valence-corrected chi connectivity index (χ2v) is 9.81. The van der Waals surface area contributed by atoms with Crippen LogP contribution in [0.15, 0.2) is 86.1 Å². The minimum Gasteiger partial charge on any atom is -0.466 e. The van der Waals surface area contributed by atoms with Crippen molar-refractivity contribution < 1.29 is 13.9 Å². The number of aryl methyl sites for hydroxylation is 1. The zero-order valence-electron chi connectivity index (χ0n) is 19.9. The molecule has 0 fully saturated rings. The number of furan rings is 1. The van der Waals surface area contributed by atoms with E-state index in [1.54, 1.807) is 10.6 Å². The Hall–Kier alpha value is -3.68. The fourth-order valence-corrected chi connectivity index (χ4v) is 5.55. The number of fused-ring (bicyclic) bond motifs is 1. The molecule has 0 N–H and O–H groups in total. The Kier molecular flexibility index (Phi) is 6.51. The van der Waals surface area contributed by atoms with E-state index in [2.05, 4.69) is 4.99 Å². The predicted molar refractivity (Wildman–Crippen MR) is 141 cm³/mol. The first kappa shape index (κ1) is 24.0. The van der Waals surface area contributed by atoms with Crippen LogP contribution in [0.25, 0.3) is 17.4 Å². The van der Waals surface area contributed by atoms with Crippen molar-refractivity contribution in [2.75, 3.05) is 7.11 Å². The maximum Gasteiger partial charge on any atom is 0.338 e. The number of aromatic nitrogens is 1. The molecular weight excluding hydrogens is 496 g/mol. The van der Waals surface area contributed by atoms with Crippen molar-refractivity contribution in [2.45, 2.75) is 26.3 Å². The number of hydrogen-bond donors (Lipinski definition) is 0. The normalized spacial score (nSPS) is 15.6. The first-order valence-electron chi connectivity index (χ1n) is 11.5. The number of esters is 1. The summed E-state index contributed by atoms with van der Waals surface area (Å²) in [4.78, 5) is 31.7. The average Bonchev–Trinajstić information content (AvgIpc) is 3.48. The fraction of sp³-hybridized carbons (Fsp3) is 0.179. The fourth-order valence-electron chi connectivity index (χ4n) is 4.38. The van der Waals surface area contributed by atoms with Crippen LogP contribution in [0.3, 0.4) is 0 Å². The molecule has 6 nitrogen and oxygen atoms in total. The summed E-state index contributed by atoms with van der Waals surface area (Å²) in [6, 6.07) is 18.1. The van der Waals surface area contributed by atoms with Gasteiger partial charge in [0, 0.05) is 16.7 Å². The van der Waals surface area contributed by atoms with Gasteiger partial charge in [-0.3, -0.25) is 9.36 Å². The van der Waals surface area contributed by atoms with Crippen molar-refractivity contribution in [3.05, 3.63) is 114 Å². The van der Waals surface area contributed by atoms with Gasteiger partial charge in [-0.1, -0.05) is 66.3 Å². The lowest BCUT2D eigenvalue weighted by molar-refractivity contribution is -0.136. The Labute approximate surface area is 216 Å². The van der Waals surface area contributed by atoms with Crippen LogP contribution in [0.5, 0.6) is 0 Å². The van der Waals surface area contributed by atoms with Gasteiger partial charge in [0.2, 0.25) is 0 Å². The summed E-state index contributed by atoms with van der Waals surface area (Å²) in [5, 5.41) is 0.621. The SMILES string of the molecule is CCC1=C(C(=O)OC)[C@H](c2ccccc2)n2c(s/c(=C/c3ccc(-c4cc(Cl)ccc4C)o3)c2=O)=N1. The summed E-state index contributed by atoms with van der Waals surface area (Å²) in [6.45, 7) is 3.92. The Morgan fingerprint density at radius 1 is 1.19 bits per heavy atom. The monoisotopic (exact) mass is 518 g/mol. The Bertz CT molecular complexity index is 1680. The number of nitrogens with zero attached hydrogens (tertiary/aromatic N) is 2. The highest BCUT2D eigenvalue weighted by atomic mass is 35.5. The molecule has 2 aromatic carbocycles. The summed E-state index contributed by atoms with van der Waals surface area (Å²) in [5.74, 6) is 0.706. The van der Waals surface area contributed by atoms with Gasteiger partial charge in [-0.25, -0.2) is 9.79 Å². The van der Waals surface area contributed by atoms with Crippen LogP contribution < -0.4 is 14.9 Å². The zero-order valence-corrected chi connectivity index (χ0v) is 21.5. The molecule has 8 heteroatoms. The number of thiazole rings is 1. The van der Waals surface area contributed by atoms with Crippen molar-refractivity contribution in [1.29, 1.82) is 0 Å². The van der Waals surface area contributed by atoms with E-state index in [1.807, 2.05) is 74.5 Å². The van der Waals surface area contributed by atoms with Crippen molar-refractivity contribution in [3.63, 3.8) is 0 Å². The van der Waals surface area contributed by atoms with E-state index < -0.39 is 12.0 Å². The van der Waals surface area contributed by atoms with Gasteiger partial charge in [-0.05, 0) is 48.7 Å². The second-order valence-electron chi connectivity index (χ2n) is 8.36. The molecule has 5 rings (SSSR count). The van der Waals surface area contributed by atoms with Crippen molar-refractivity contribution >= 4 is 35.0 Å². The van der Waals surface area contributed by atoms with Crippen molar-refractivity contribution in [2.24, 2.45) is 4.99 Å². The van der Waals surface area contributed by atoms with E-state index in [0.717, 1.165) is 16.7 Å². The first-order valence-corrected chi connectivity index (χ1v) is 12.6. The third-order valence-corrected chi connectivity index (χ3v) is 7.35. The molecule has 1 atom stereocenters. The summed E-state index contributed by atoms with van der Waals surface area (Å²) < 4.78 is 13.2. The molecule has 2 aromatic heterocycles. The van der Waals surface area contributed by atoms with Crippen LogP contribution in [0.2, 0.25) is 5.02 Å². The number of hydrogen-bond acceptors (Lipinski definition) is 6. The number of carbonyl (C=O) groups excluding carboxylic acids is 1. The van der Waals surface area contributed by atoms with Crippen molar-refractivity contribution in [1.82, 2.24) is 4.57 Å². The molecule has 0 unspecified atom stereocenters. The van der Waals surface area contributed by atoms with Gasteiger partial charge < -0.3 is 9.15 Å². The van der Waals surface area contributed by atoms with Gasteiger partial charge in [0.25, 0.3) is 5.56 Å². The third-order valence-electron chi connectivity index (χ3n) is 6.13. The van der Waals surface area contributed by atoms with E-state index in [1.165, 1.54) is 18.4 Å². The van der Waals surface area contributed by atoms with Gasteiger partial charge in [0.05, 0.1) is 29.0 Å². The molecule has 0 bridgehead atoms. The Morgan fingerprint density at radius 2 is 1.97 bits per heavy atom. The van der Waals surface area contributed by atoms with Gasteiger partial charge >= 0.3 is 5.97 Å². The molecule has 36 heavy (non-hydrogen) atoms. The van der Waals surface area contributed by atoms with Gasteiger partial charge in [-0.15, -0.1) is 0 Å². The molecule has 0 saturated carbocycles. The van der Waals surface area contributed by atoms with Crippen LogP contribution in [-0.4, -0.2) is 17.6 Å². The molecule has 4 aromatic rings. The molecule has 0 amide bonds. The second kappa shape index (κ2) is 9.76. The van der Waals surface area contributed by atoms with Crippen molar-refractivity contribution in [3.8, 4) is 11.3 Å². The highest BCUT2D eigenvalue weighted by molar-refractivity contribution is 7.07. The lowest BCUT2D eigenvalue weighted by Crippen LogP contribution is -2.40. The van der Waals surface area contributed by atoms with Gasteiger partial charge in [0.1, 0.15) is 11.5 Å². The first-order chi connectivity index (χ1) is 17.4. The molecule has 0 spiro atoms. The smallest absolute Gasteiger partial charge is 0.338 e. The number of carbonyl (C=O) groups is 1. The highest BCUT2D eigenvalue weighted by Gasteiger charge is 2.33. The molecule has 3 heterocycles. The summed E-state index contributed by atoms with van der Waals surface area (Å²) >= 11 is 7.44. The Morgan fingerprint density at radius 3 is 2.69 bits per heavy atom. The molecule has 0 saturated heterocycles. The number of methoxy groups -OCH3 is 1. The molecule has 1 aliphatic heterocycles. The Balaban J connectivity index is 1.67. The van der Waals surface area contributed by atoms with Crippen LogP contribution in [-0.2, 0) is 9.53 Å². The van der Waals surface area contributed by atoms with E-state index >= 15 is 0 Å². The lowest BCUT2D eigenvalue weighted by Gasteiger charge is -2.25. The average molecular weight is 519 g/mol. The van der Waals surface area contributed by atoms with Crippen LogP contribution in [0, 0.1) is 6.92 Å². The minimum absolute atomic E-state index is 0.249. The quantitative estimate of drug-likeness (QED) is 0.348. The van der Waals surface area contributed by atoms with Crippen LogP contribution >= 0.6 is 22.9 Å². The molecule has 182 valence electrons. The standard InChI is InChI=1S/C28H23ClN2O4S/c1-4-21-24(27(33)34-3)25(17-8-6-5-7-9-17)31-26(32)23(36-28(31)30-21)15-19-12-13-22(35-19)20-14-18(29)11-10-16(20)2/h5-15,25H,4H2,1-3H3/b23-15+/t25-/m0/s1. The minimum atomic E-state index is -0.631. The summed E-state index contributed by atoms with van der Waals surface area (Å²) in [7, 11) is 1.34.